The number of aromatic nitrogens is 2. The molecule has 154 valence electrons. The normalized spacial score (nSPS) is 20.1. The number of hydrogen-bond acceptors (Lipinski definition) is 7. The molecule has 1 saturated heterocycles. The summed E-state index contributed by atoms with van der Waals surface area (Å²) in [5.74, 6) is -0.377. The lowest BCUT2D eigenvalue weighted by Crippen LogP contribution is -2.40. The van der Waals surface area contributed by atoms with Crippen molar-refractivity contribution in [3.63, 3.8) is 0 Å². The van der Waals surface area contributed by atoms with E-state index in [1.54, 1.807) is 0 Å². The number of rotatable bonds is 4. The van der Waals surface area contributed by atoms with Gasteiger partial charge in [0.1, 0.15) is 5.82 Å². The fourth-order valence-corrected chi connectivity index (χ4v) is 4.96. The largest absolute Gasteiger partial charge is 0.379 e. The number of sulfonamides is 1. The van der Waals surface area contributed by atoms with E-state index in [0.29, 0.717) is 19.0 Å². The molecule has 8 nitrogen and oxygen atoms in total. The average molecular weight is 433 g/mol. The Morgan fingerprint density at radius 1 is 1.18 bits per heavy atom. The highest BCUT2D eigenvalue weighted by molar-refractivity contribution is 7.89. The molecule has 0 radical (unpaired) electrons. The van der Waals surface area contributed by atoms with Gasteiger partial charge in [-0.2, -0.15) is 9.29 Å². The number of morpholine rings is 1. The topological polar surface area (TPSA) is 112 Å². The quantitative estimate of drug-likeness (QED) is 0.786. The Labute approximate surface area is 168 Å². The molecule has 0 bridgehead atoms. The van der Waals surface area contributed by atoms with Crippen LogP contribution >= 0.6 is 12.4 Å². The third kappa shape index (κ3) is 3.79. The van der Waals surface area contributed by atoms with Gasteiger partial charge in [-0.25, -0.2) is 12.8 Å². The van der Waals surface area contributed by atoms with Crippen LogP contribution in [0.1, 0.15) is 31.5 Å². The van der Waals surface area contributed by atoms with Crippen molar-refractivity contribution in [2.24, 2.45) is 5.73 Å². The van der Waals surface area contributed by atoms with Crippen molar-refractivity contribution in [3.8, 4) is 11.5 Å². The van der Waals surface area contributed by atoms with Crippen LogP contribution in [0.4, 0.5) is 4.39 Å². The van der Waals surface area contributed by atoms with Crippen LogP contribution < -0.4 is 5.73 Å². The van der Waals surface area contributed by atoms with Crippen LogP contribution in [0.15, 0.2) is 27.6 Å². The number of hydrogen-bond donors (Lipinski definition) is 1. The molecule has 0 unspecified atom stereocenters. The predicted octanol–water partition coefficient (Wildman–Crippen LogP) is 2.05. The number of ether oxygens (including phenoxy) is 1. The van der Waals surface area contributed by atoms with E-state index in [1.807, 2.05) is 0 Å². The standard InChI is InChI=1S/C17H21FN4O4S.ClH/c18-14-4-3-12(27(23,24)22-7-9-25-10-8-22)11-13(14)15-20-16(21-26-15)17(19)5-1-2-6-17;/h3-4,11H,1-2,5-10,19H2;1H. The Bertz CT molecular complexity index is 940. The molecule has 2 fully saturated rings. The van der Waals surface area contributed by atoms with Gasteiger partial charge in [0.15, 0.2) is 5.82 Å². The summed E-state index contributed by atoms with van der Waals surface area (Å²) >= 11 is 0. The molecule has 2 heterocycles. The summed E-state index contributed by atoms with van der Waals surface area (Å²) in [7, 11) is -3.76. The van der Waals surface area contributed by atoms with Crippen LogP contribution in [0.2, 0.25) is 0 Å². The summed E-state index contributed by atoms with van der Waals surface area (Å²) in [6.07, 6.45) is 3.42. The molecular weight excluding hydrogens is 411 g/mol. The second-order valence-electron chi connectivity index (χ2n) is 6.94. The minimum atomic E-state index is -3.76. The Kier molecular flexibility index (Phi) is 6.06. The van der Waals surface area contributed by atoms with Gasteiger partial charge in [-0.15, -0.1) is 12.4 Å². The lowest BCUT2D eigenvalue weighted by atomic mass is 9.99. The fraction of sp³-hybridized carbons (Fsp3) is 0.529. The smallest absolute Gasteiger partial charge is 0.261 e. The van der Waals surface area contributed by atoms with E-state index < -0.39 is 21.4 Å². The molecule has 11 heteroatoms. The molecule has 1 saturated carbocycles. The zero-order valence-electron chi connectivity index (χ0n) is 15.1. The van der Waals surface area contributed by atoms with Crippen molar-refractivity contribution in [1.29, 1.82) is 0 Å². The molecule has 0 atom stereocenters. The van der Waals surface area contributed by atoms with Gasteiger partial charge in [0.2, 0.25) is 10.0 Å². The average Bonchev–Trinajstić information content (AvgIpc) is 3.33. The maximum absolute atomic E-state index is 14.4. The molecule has 28 heavy (non-hydrogen) atoms. The third-order valence-corrected chi connectivity index (χ3v) is 7.04. The van der Waals surface area contributed by atoms with Gasteiger partial charge in [-0.1, -0.05) is 18.0 Å². The molecule has 2 N–H and O–H groups in total. The van der Waals surface area contributed by atoms with E-state index in [4.69, 9.17) is 15.0 Å². The zero-order chi connectivity index (χ0) is 19.1. The van der Waals surface area contributed by atoms with Gasteiger partial charge in [-0.3, -0.25) is 0 Å². The molecule has 1 aromatic carbocycles. The minimum absolute atomic E-state index is 0. The van der Waals surface area contributed by atoms with Crippen molar-refractivity contribution in [2.75, 3.05) is 26.3 Å². The first-order valence-corrected chi connectivity index (χ1v) is 10.4. The lowest BCUT2D eigenvalue weighted by molar-refractivity contribution is 0.0730. The van der Waals surface area contributed by atoms with E-state index in [1.165, 1.54) is 16.4 Å². The number of nitrogens with zero attached hydrogens (tertiary/aromatic N) is 3. The first kappa shape index (κ1) is 21.1. The highest BCUT2D eigenvalue weighted by Gasteiger charge is 2.36. The number of nitrogens with two attached hydrogens (primary N) is 1. The highest BCUT2D eigenvalue weighted by Crippen LogP contribution is 2.36. The van der Waals surface area contributed by atoms with Crippen LogP contribution in [0, 0.1) is 5.82 Å². The van der Waals surface area contributed by atoms with Gasteiger partial charge in [0.05, 0.1) is 29.2 Å². The van der Waals surface area contributed by atoms with E-state index in [0.717, 1.165) is 31.7 Å². The summed E-state index contributed by atoms with van der Waals surface area (Å²) < 4.78 is 51.7. The monoisotopic (exact) mass is 432 g/mol. The summed E-state index contributed by atoms with van der Waals surface area (Å²) in [5, 5.41) is 3.91. The van der Waals surface area contributed by atoms with E-state index in [2.05, 4.69) is 10.1 Å². The van der Waals surface area contributed by atoms with Crippen molar-refractivity contribution in [2.45, 2.75) is 36.1 Å². The highest BCUT2D eigenvalue weighted by atomic mass is 35.5. The summed E-state index contributed by atoms with van der Waals surface area (Å²) in [4.78, 5) is 4.24. The second kappa shape index (κ2) is 8.03. The molecule has 1 aliphatic heterocycles. The minimum Gasteiger partial charge on any atom is -0.379 e. The third-order valence-electron chi connectivity index (χ3n) is 5.14. The zero-order valence-corrected chi connectivity index (χ0v) is 16.8. The maximum atomic E-state index is 14.4. The van der Waals surface area contributed by atoms with Crippen LogP contribution in [0.3, 0.4) is 0 Å². The van der Waals surface area contributed by atoms with Crippen molar-refractivity contribution in [1.82, 2.24) is 14.4 Å². The molecular formula is C17H22ClFN4O4S. The first-order chi connectivity index (χ1) is 12.9. The van der Waals surface area contributed by atoms with Crippen LogP contribution in [0.25, 0.3) is 11.5 Å². The van der Waals surface area contributed by atoms with Gasteiger partial charge < -0.3 is 15.0 Å². The van der Waals surface area contributed by atoms with Crippen molar-refractivity contribution >= 4 is 22.4 Å². The van der Waals surface area contributed by atoms with E-state index >= 15 is 0 Å². The lowest BCUT2D eigenvalue weighted by Gasteiger charge is -2.26. The summed E-state index contributed by atoms with van der Waals surface area (Å²) in [6, 6.07) is 3.57. The molecule has 1 aliphatic carbocycles. The summed E-state index contributed by atoms with van der Waals surface area (Å²) in [5.41, 5.74) is 5.59. The molecule has 2 aromatic rings. The molecule has 0 amide bonds. The van der Waals surface area contributed by atoms with Gasteiger partial charge in [0, 0.05) is 13.1 Å². The van der Waals surface area contributed by atoms with Gasteiger partial charge >= 0.3 is 0 Å². The molecule has 2 aliphatic rings. The van der Waals surface area contributed by atoms with Crippen LogP contribution in [-0.2, 0) is 20.3 Å². The van der Waals surface area contributed by atoms with Crippen LogP contribution in [-0.4, -0.2) is 49.2 Å². The molecule has 0 spiro atoms. The number of benzene rings is 1. The number of halogens is 2. The Hall–Kier alpha value is -1.59. The van der Waals surface area contributed by atoms with Gasteiger partial charge in [0.25, 0.3) is 5.89 Å². The van der Waals surface area contributed by atoms with Crippen molar-refractivity contribution < 1.29 is 22.1 Å². The van der Waals surface area contributed by atoms with Crippen molar-refractivity contribution in [3.05, 3.63) is 29.8 Å². The maximum Gasteiger partial charge on any atom is 0.261 e. The fourth-order valence-electron chi connectivity index (χ4n) is 3.53. The summed E-state index contributed by atoms with van der Waals surface area (Å²) in [6.45, 7) is 1.18. The predicted molar refractivity (Wildman–Crippen MR) is 101 cm³/mol. The SMILES string of the molecule is Cl.NC1(c2noc(-c3cc(S(=O)(=O)N4CCOCC4)ccc3F)n2)CCCC1. The Balaban J connectivity index is 0.00000225. The second-order valence-corrected chi connectivity index (χ2v) is 8.88. The van der Waals surface area contributed by atoms with E-state index in [-0.39, 0.29) is 41.8 Å². The van der Waals surface area contributed by atoms with E-state index in [9.17, 15) is 12.8 Å². The molecule has 4 rings (SSSR count). The Morgan fingerprint density at radius 3 is 2.54 bits per heavy atom. The Morgan fingerprint density at radius 2 is 1.86 bits per heavy atom. The molecule has 1 aromatic heterocycles. The first-order valence-electron chi connectivity index (χ1n) is 8.91. The van der Waals surface area contributed by atoms with Gasteiger partial charge in [-0.05, 0) is 31.0 Å². The van der Waals surface area contributed by atoms with Crippen LogP contribution in [0.5, 0.6) is 0 Å².